The Morgan fingerprint density at radius 1 is 1.04 bits per heavy atom. The number of rotatable bonds is 6. The fourth-order valence-corrected chi connectivity index (χ4v) is 2.84. The predicted molar refractivity (Wildman–Crippen MR) is 97.4 cm³/mol. The van der Waals surface area contributed by atoms with Crippen LogP contribution in [0.15, 0.2) is 36.4 Å². The van der Waals surface area contributed by atoms with E-state index in [2.05, 4.69) is 5.32 Å². The summed E-state index contributed by atoms with van der Waals surface area (Å²) >= 11 is 12.1. The molecular formula is C18H16Cl2F2N2O2. The van der Waals surface area contributed by atoms with Crippen LogP contribution in [0.5, 0.6) is 0 Å². The minimum absolute atomic E-state index is 0.0896. The van der Waals surface area contributed by atoms with Crippen molar-refractivity contribution in [3.63, 3.8) is 0 Å². The van der Waals surface area contributed by atoms with Crippen LogP contribution in [0.2, 0.25) is 10.0 Å². The van der Waals surface area contributed by atoms with Crippen molar-refractivity contribution >= 4 is 40.7 Å². The third-order valence-corrected chi connectivity index (χ3v) is 4.39. The Morgan fingerprint density at radius 2 is 1.58 bits per heavy atom. The van der Waals surface area contributed by atoms with Crippen molar-refractivity contribution in [2.75, 3.05) is 18.4 Å². The molecule has 2 rings (SSSR count). The molecule has 8 heteroatoms. The van der Waals surface area contributed by atoms with E-state index in [1.165, 1.54) is 11.0 Å². The number of anilines is 1. The van der Waals surface area contributed by atoms with Gasteiger partial charge in [0.25, 0.3) is 0 Å². The molecule has 138 valence electrons. The first-order valence-corrected chi connectivity index (χ1v) is 8.53. The van der Waals surface area contributed by atoms with Crippen molar-refractivity contribution in [2.24, 2.45) is 0 Å². The number of para-hydroxylation sites is 1. The molecule has 0 aliphatic heterocycles. The maximum Gasteiger partial charge on any atom is 0.244 e. The fourth-order valence-electron chi connectivity index (χ4n) is 2.31. The molecule has 26 heavy (non-hydrogen) atoms. The number of likely N-dealkylation sites (N-methyl/N-ethyl adjacent to an activating group) is 1. The summed E-state index contributed by atoms with van der Waals surface area (Å²) in [7, 11) is 0. The van der Waals surface area contributed by atoms with Crippen molar-refractivity contribution in [1.82, 2.24) is 4.90 Å². The lowest BCUT2D eigenvalue weighted by molar-refractivity contribution is -0.133. The second-order valence-electron chi connectivity index (χ2n) is 5.43. The van der Waals surface area contributed by atoms with Gasteiger partial charge in [-0.25, -0.2) is 8.78 Å². The van der Waals surface area contributed by atoms with Crippen LogP contribution in [0, 0.1) is 11.6 Å². The third kappa shape index (κ3) is 4.93. The van der Waals surface area contributed by atoms with Gasteiger partial charge < -0.3 is 10.2 Å². The molecule has 0 fully saturated rings. The van der Waals surface area contributed by atoms with Gasteiger partial charge in [0.1, 0.15) is 17.3 Å². The summed E-state index contributed by atoms with van der Waals surface area (Å²) in [6.07, 6.45) is -0.0896. The van der Waals surface area contributed by atoms with E-state index >= 15 is 0 Å². The molecule has 0 aliphatic carbocycles. The first-order chi connectivity index (χ1) is 12.3. The van der Waals surface area contributed by atoms with Crippen LogP contribution in [-0.4, -0.2) is 29.8 Å². The zero-order chi connectivity index (χ0) is 19.3. The van der Waals surface area contributed by atoms with Crippen molar-refractivity contribution in [1.29, 1.82) is 0 Å². The van der Waals surface area contributed by atoms with Crippen LogP contribution in [0.3, 0.4) is 0 Å². The number of carbonyl (C=O) groups excluding carboxylic acids is 2. The van der Waals surface area contributed by atoms with E-state index in [0.717, 1.165) is 12.1 Å². The van der Waals surface area contributed by atoms with Gasteiger partial charge in [-0.2, -0.15) is 0 Å². The molecule has 0 aliphatic rings. The van der Waals surface area contributed by atoms with E-state index < -0.39 is 23.2 Å². The lowest BCUT2D eigenvalue weighted by Crippen LogP contribution is -2.39. The largest absolute Gasteiger partial charge is 0.333 e. The van der Waals surface area contributed by atoms with Gasteiger partial charge in [0, 0.05) is 16.6 Å². The number of benzene rings is 2. The molecule has 2 aromatic carbocycles. The highest BCUT2D eigenvalue weighted by molar-refractivity contribution is 6.36. The fraction of sp³-hybridized carbons (Fsp3) is 0.222. The van der Waals surface area contributed by atoms with Crippen LogP contribution in [-0.2, 0) is 16.0 Å². The number of nitrogens with one attached hydrogen (secondary N) is 1. The highest BCUT2D eigenvalue weighted by Crippen LogP contribution is 2.25. The minimum Gasteiger partial charge on any atom is -0.333 e. The van der Waals surface area contributed by atoms with Crippen LogP contribution in [0.4, 0.5) is 14.5 Å². The van der Waals surface area contributed by atoms with Crippen LogP contribution < -0.4 is 5.32 Å². The summed E-state index contributed by atoms with van der Waals surface area (Å²) in [6, 6.07) is 8.13. The standard InChI is InChI=1S/C18H16Cl2F2N2O2/c1-2-24(17(26)9-11-12(19)5-3-6-13(11)20)10-16(25)23-18-14(21)7-4-8-15(18)22/h3-8H,2,9-10H2,1H3,(H,23,25). The Morgan fingerprint density at radius 3 is 2.12 bits per heavy atom. The Labute approximate surface area is 159 Å². The van der Waals surface area contributed by atoms with Crippen molar-refractivity contribution in [3.05, 3.63) is 63.6 Å². The maximum absolute atomic E-state index is 13.6. The molecule has 2 aromatic rings. The first-order valence-electron chi connectivity index (χ1n) is 7.78. The monoisotopic (exact) mass is 400 g/mol. The first kappa shape index (κ1) is 20.1. The van der Waals surface area contributed by atoms with E-state index in [9.17, 15) is 18.4 Å². The predicted octanol–water partition coefficient (Wildman–Crippen LogP) is 4.30. The highest BCUT2D eigenvalue weighted by atomic mass is 35.5. The Bertz CT molecular complexity index is 790. The average molecular weight is 401 g/mol. The summed E-state index contributed by atoms with van der Waals surface area (Å²) in [4.78, 5) is 25.8. The zero-order valence-corrected chi connectivity index (χ0v) is 15.4. The molecule has 0 saturated carbocycles. The molecule has 0 heterocycles. The normalized spacial score (nSPS) is 10.5. The summed E-state index contributed by atoms with van der Waals surface area (Å²) < 4.78 is 27.2. The Balaban J connectivity index is 2.06. The number of nitrogens with zero attached hydrogens (tertiary/aromatic N) is 1. The molecule has 1 N–H and O–H groups in total. The quantitative estimate of drug-likeness (QED) is 0.785. The van der Waals surface area contributed by atoms with Crippen LogP contribution in [0.1, 0.15) is 12.5 Å². The summed E-state index contributed by atoms with van der Waals surface area (Å²) in [5.74, 6) is -2.88. The van der Waals surface area contributed by atoms with Gasteiger partial charge in [-0.1, -0.05) is 35.3 Å². The second kappa shape index (κ2) is 8.96. The lowest BCUT2D eigenvalue weighted by atomic mass is 10.1. The van der Waals surface area contributed by atoms with Crippen LogP contribution in [0.25, 0.3) is 0 Å². The van der Waals surface area contributed by atoms with Gasteiger partial charge in [-0.15, -0.1) is 0 Å². The summed E-state index contributed by atoms with van der Waals surface area (Å²) in [6.45, 7) is 1.56. The topological polar surface area (TPSA) is 49.4 Å². The van der Waals surface area contributed by atoms with Gasteiger partial charge in [0.2, 0.25) is 11.8 Å². The van der Waals surface area contributed by atoms with E-state index in [1.807, 2.05) is 0 Å². The smallest absolute Gasteiger partial charge is 0.244 e. The molecule has 0 aromatic heterocycles. The van der Waals surface area contributed by atoms with Crippen LogP contribution >= 0.6 is 23.2 Å². The van der Waals surface area contributed by atoms with Crippen molar-refractivity contribution in [3.8, 4) is 0 Å². The van der Waals surface area contributed by atoms with E-state index in [-0.39, 0.29) is 25.4 Å². The van der Waals surface area contributed by atoms with Crippen molar-refractivity contribution in [2.45, 2.75) is 13.3 Å². The van der Waals surface area contributed by atoms with Gasteiger partial charge in [-0.05, 0) is 36.8 Å². The van der Waals surface area contributed by atoms with Gasteiger partial charge in [0.05, 0.1) is 13.0 Å². The van der Waals surface area contributed by atoms with E-state index in [1.54, 1.807) is 25.1 Å². The average Bonchev–Trinajstić information content (AvgIpc) is 2.59. The van der Waals surface area contributed by atoms with E-state index in [4.69, 9.17) is 23.2 Å². The molecule has 0 atom stereocenters. The molecule has 0 unspecified atom stereocenters. The third-order valence-electron chi connectivity index (χ3n) is 3.69. The lowest BCUT2D eigenvalue weighted by Gasteiger charge is -2.21. The number of hydrogen-bond acceptors (Lipinski definition) is 2. The molecular weight excluding hydrogens is 385 g/mol. The second-order valence-corrected chi connectivity index (χ2v) is 6.24. The number of amides is 2. The Hall–Kier alpha value is -2.18. The maximum atomic E-state index is 13.6. The zero-order valence-electron chi connectivity index (χ0n) is 13.9. The molecule has 0 saturated heterocycles. The van der Waals surface area contributed by atoms with Crippen molar-refractivity contribution < 1.29 is 18.4 Å². The number of halogens is 4. The molecule has 4 nitrogen and oxygen atoms in total. The molecule has 2 amide bonds. The number of carbonyl (C=O) groups is 2. The summed E-state index contributed by atoms with van der Waals surface area (Å²) in [5, 5.41) is 2.84. The van der Waals surface area contributed by atoms with Gasteiger partial charge in [0.15, 0.2) is 0 Å². The molecule has 0 bridgehead atoms. The minimum atomic E-state index is -0.893. The summed E-state index contributed by atoms with van der Waals surface area (Å²) in [5.41, 5.74) is -0.0880. The molecule has 0 spiro atoms. The highest BCUT2D eigenvalue weighted by Gasteiger charge is 2.20. The van der Waals surface area contributed by atoms with Gasteiger partial charge >= 0.3 is 0 Å². The Kier molecular flexibility index (Phi) is 6.94. The van der Waals surface area contributed by atoms with E-state index in [0.29, 0.717) is 15.6 Å². The SMILES string of the molecule is CCN(CC(=O)Nc1c(F)cccc1F)C(=O)Cc1c(Cl)cccc1Cl. The molecule has 0 radical (unpaired) electrons. The number of hydrogen-bond donors (Lipinski definition) is 1. The van der Waals surface area contributed by atoms with Gasteiger partial charge in [-0.3, -0.25) is 9.59 Å².